The van der Waals surface area contributed by atoms with Crippen LogP contribution in [0.5, 0.6) is 0 Å². The number of ether oxygens (including phenoxy) is 1. The molecule has 2 aromatic rings. The fourth-order valence-corrected chi connectivity index (χ4v) is 4.39. The van der Waals surface area contributed by atoms with Crippen molar-refractivity contribution in [2.45, 2.75) is 135 Å². The van der Waals surface area contributed by atoms with E-state index < -0.39 is 30.4 Å². The van der Waals surface area contributed by atoms with Crippen LogP contribution in [-0.2, 0) is 16.0 Å². The number of carbonyl (C=O) groups excluding carboxylic acids is 1. The van der Waals surface area contributed by atoms with Gasteiger partial charge in [-0.3, -0.25) is 4.79 Å². The van der Waals surface area contributed by atoms with Gasteiger partial charge in [0.15, 0.2) is 18.3 Å². The Labute approximate surface area is 227 Å². The Morgan fingerprint density at radius 1 is 0.921 bits per heavy atom. The number of rotatable bonds is 21. The van der Waals surface area contributed by atoms with Crippen molar-refractivity contribution in [3.05, 3.63) is 36.2 Å². The average molecular weight is 537 g/mol. The first-order valence-corrected chi connectivity index (χ1v) is 14.3. The zero-order valence-corrected chi connectivity index (χ0v) is 23.4. The Hall–Kier alpha value is -2.23. The van der Waals surface area contributed by atoms with Crippen LogP contribution in [0.1, 0.15) is 128 Å². The van der Waals surface area contributed by atoms with Gasteiger partial charge < -0.3 is 28.9 Å². The van der Waals surface area contributed by atoms with E-state index in [2.05, 4.69) is 23.8 Å². The monoisotopic (exact) mass is 536 g/mol. The molecule has 2 rings (SSSR count). The van der Waals surface area contributed by atoms with E-state index in [0.29, 0.717) is 11.7 Å². The van der Waals surface area contributed by atoms with Gasteiger partial charge >= 0.3 is 5.97 Å². The molecule has 0 fully saturated rings. The molecule has 0 aliphatic rings. The van der Waals surface area contributed by atoms with E-state index in [4.69, 9.17) is 13.6 Å². The third-order valence-corrected chi connectivity index (χ3v) is 6.73. The molecule has 0 spiro atoms. The first-order chi connectivity index (χ1) is 18.3. The van der Waals surface area contributed by atoms with Gasteiger partial charge in [-0.15, -0.1) is 0 Å². The van der Waals surface area contributed by atoms with Crippen LogP contribution in [0.4, 0.5) is 0 Å². The van der Waals surface area contributed by atoms with Crippen LogP contribution in [0.2, 0.25) is 0 Å². The lowest BCUT2D eigenvalue weighted by Gasteiger charge is -2.24. The number of nitrogens with zero attached hydrogens (tertiary/aromatic N) is 2. The predicted molar refractivity (Wildman–Crippen MR) is 143 cm³/mol. The van der Waals surface area contributed by atoms with Crippen molar-refractivity contribution < 1.29 is 33.7 Å². The summed E-state index contributed by atoms with van der Waals surface area (Å²) in [5.41, 5.74) is 0. The molecule has 0 aromatic carbocycles. The third kappa shape index (κ3) is 13.0. The number of unbranched alkanes of at least 4 members (excludes halogenated alkanes) is 9. The molecule has 38 heavy (non-hydrogen) atoms. The minimum Gasteiger partial charge on any atom is -0.454 e. The van der Waals surface area contributed by atoms with Gasteiger partial charge in [0.25, 0.3) is 0 Å². The number of carbonyl (C=O) groups is 1. The fourth-order valence-electron chi connectivity index (χ4n) is 4.39. The summed E-state index contributed by atoms with van der Waals surface area (Å²) in [5.74, 6) is 1.58. The van der Waals surface area contributed by atoms with Crippen LogP contribution in [0, 0.1) is 5.92 Å². The minimum absolute atomic E-state index is 0.133. The Kier molecular flexibility index (Phi) is 15.3. The third-order valence-electron chi connectivity index (χ3n) is 6.73. The average Bonchev–Trinajstić information content (AvgIpc) is 3.56. The highest BCUT2D eigenvalue weighted by atomic mass is 16.6. The first kappa shape index (κ1) is 32.0. The maximum atomic E-state index is 12.6. The van der Waals surface area contributed by atoms with E-state index in [1.807, 2.05) is 0 Å². The highest BCUT2D eigenvalue weighted by Gasteiger charge is 2.30. The lowest BCUT2D eigenvalue weighted by Crippen LogP contribution is -2.37. The number of hydrogen-bond acceptors (Lipinski definition) is 9. The van der Waals surface area contributed by atoms with Crippen LogP contribution in [0.15, 0.2) is 27.6 Å². The second kappa shape index (κ2) is 18.1. The molecule has 2 heterocycles. The zero-order chi connectivity index (χ0) is 27.8. The van der Waals surface area contributed by atoms with Crippen LogP contribution in [-0.4, -0.2) is 49.6 Å². The lowest BCUT2D eigenvalue weighted by molar-refractivity contribution is -0.154. The molecule has 0 saturated heterocycles. The molecule has 216 valence electrons. The van der Waals surface area contributed by atoms with Gasteiger partial charge in [0.05, 0.1) is 31.0 Å². The second-order valence-corrected chi connectivity index (χ2v) is 10.8. The fraction of sp³-hybridized carbons (Fsp3) is 0.759. The SMILES string of the molecule is CC(C)CCCCCCCCCCCCC(=O)O[C@H](C[C@H](O)[C@H](O)[C@H](C)O)c1cnc(Cc2cnco2)o1. The molecule has 0 aliphatic carbocycles. The smallest absolute Gasteiger partial charge is 0.306 e. The number of aromatic nitrogens is 2. The van der Waals surface area contributed by atoms with E-state index in [-0.39, 0.29) is 25.0 Å². The molecule has 0 radical (unpaired) electrons. The molecule has 9 heteroatoms. The highest BCUT2D eigenvalue weighted by molar-refractivity contribution is 5.69. The van der Waals surface area contributed by atoms with Crippen molar-refractivity contribution in [2.24, 2.45) is 5.92 Å². The van der Waals surface area contributed by atoms with E-state index >= 15 is 0 Å². The number of hydrogen-bond donors (Lipinski definition) is 3. The van der Waals surface area contributed by atoms with Gasteiger partial charge in [-0.2, -0.15) is 0 Å². The van der Waals surface area contributed by atoms with E-state index in [0.717, 1.165) is 25.2 Å². The Bertz CT molecular complexity index is 866. The van der Waals surface area contributed by atoms with E-state index in [1.165, 1.54) is 70.9 Å². The Morgan fingerprint density at radius 3 is 2.13 bits per heavy atom. The zero-order valence-electron chi connectivity index (χ0n) is 23.4. The van der Waals surface area contributed by atoms with Gasteiger partial charge in [0, 0.05) is 12.8 Å². The second-order valence-electron chi connectivity index (χ2n) is 10.8. The molecule has 3 N–H and O–H groups in total. The van der Waals surface area contributed by atoms with Gasteiger partial charge in [0.1, 0.15) is 11.9 Å². The molecular weight excluding hydrogens is 488 g/mol. The van der Waals surface area contributed by atoms with E-state index in [9.17, 15) is 20.1 Å². The van der Waals surface area contributed by atoms with Gasteiger partial charge in [0.2, 0.25) is 5.89 Å². The van der Waals surface area contributed by atoms with Crippen molar-refractivity contribution in [1.29, 1.82) is 0 Å². The van der Waals surface area contributed by atoms with Crippen LogP contribution >= 0.6 is 0 Å². The lowest BCUT2D eigenvalue weighted by atomic mass is 10.0. The maximum Gasteiger partial charge on any atom is 0.306 e. The molecule has 0 bridgehead atoms. The quantitative estimate of drug-likeness (QED) is 0.136. The van der Waals surface area contributed by atoms with Crippen LogP contribution < -0.4 is 0 Å². The summed E-state index contributed by atoms with van der Waals surface area (Å²) in [6, 6.07) is 0. The summed E-state index contributed by atoms with van der Waals surface area (Å²) in [5, 5.41) is 30.0. The molecule has 0 amide bonds. The summed E-state index contributed by atoms with van der Waals surface area (Å²) in [7, 11) is 0. The van der Waals surface area contributed by atoms with Crippen molar-refractivity contribution in [1.82, 2.24) is 9.97 Å². The van der Waals surface area contributed by atoms with Crippen LogP contribution in [0.25, 0.3) is 0 Å². The number of aliphatic hydroxyl groups excluding tert-OH is 3. The van der Waals surface area contributed by atoms with Crippen molar-refractivity contribution in [2.75, 3.05) is 0 Å². The molecule has 4 atom stereocenters. The van der Waals surface area contributed by atoms with Crippen molar-refractivity contribution >= 4 is 5.97 Å². The molecule has 0 saturated carbocycles. The summed E-state index contributed by atoms with van der Waals surface area (Å²) in [4.78, 5) is 20.6. The molecule has 9 nitrogen and oxygen atoms in total. The molecule has 2 aromatic heterocycles. The topological polar surface area (TPSA) is 139 Å². The summed E-state index contributed by atoms with van der Waals surface area (Å²) in [6.07, 6.45) is 13.1. The molecule has 0 aliphatic heterocycles. The van der Waals surface area contributed by atoms with Crippen molar-refractivity contribution in [3.8, 4) is 0 Å². The normalized spacial score (nSPS) is 14.9. The molecular formula is C29H48N2O7. The van der Waals surface area contributed by atoms with Gasteiger partial charge in [-0.1, -0.05) is 78.1 Å². The largest absolute Gasteiger partial charge is 0.454 e. The Morgan fingerprint density at radius 2 is 1.55 bits per heavy atom. The van der Waals surface area contributed by atoms with Crippen molar-refractivity contribution in [3.63, 3.8) is 0 Å². The summed E-state index contributed by atoms with van der Waals surface area (Å²) in [6.45, 7) is 5.94. The standard InChI is InChI=1S/C29H48N2O7/c1-21(2)14-12-10-8-6-4-5-7-9-11-13-15-28(34)38-25(17-24(33)29(35)22(3)32)26-19-31-27(37-26)16-23-18-30-20-36-23/h18-22,24-25,29,32-33,35H,4-17H2,1-3H3/t22-,24-,25+,29+/m0/s1. The van der Waals surface area contributed by atoms with Gasteiger partial charge in [-0.05, 0) is 19.3 Å². The number of oxazole rings is 2. The Balaban J connectivity index is 1.72. The summed E-state index contributed by atoms with van der Waals surface area (Å²) < 4.78 is 16.6. The highest BCUT2D eigenvalue weighted by Crippen LogP contribution is 2.27. The minimum atomic E-state index is -1.38. The van der Waals surface area contributed by atoms with Gasteiger partial charge in [-0.25, -0.2) is 9.97 Å². The van der Waals surface area contributed by atoms with E-state index in [1.54, 1.807) is 6.20 Å². The number of aliphatic hydroxyl groups is 3. The first-order valence-electron chi connectivity index (χ1n) is 14.3. The number of esters is 1. The molecule has 0 unspecified atom stereocenters. The predicted octanol–water partition coefficient (Wildman–Crippen LogP) is 5.67. The summed E-state index contributed by atoms with van der Waals surface area (Å²) >= 11 is 0. The van der Waals surface area contributed by atoms with Crippen LogP contribution in [0.3, 0.4) is 0 Å². The maximum absolute atomic E-state index is 12.6.